The molecule has 0 saturated carbocycles. The predicted molar refractivity (Wildman–Crippen MR) is 71.2 cm³/mol. The molecule has 7 nitrogen and oxygen atoms in total. The van der Waals surface area contributed by atoms with E-state index in [1.54, 1.807) is 0 Å². The Labute approximate surface area is 118 Å². The maximum atomic E-state index is 12.2. The number of aromatic hydroxyl groups is 5. The summed E-state index contributed by atoms with van der Waals surface area (Å²) in [6, 6.07) is 4.55. The molecule has 0 aromatic heterocycles. The van der Waals surface area contributed by atoms with Gasteiger partial charge in [-0.1, -0.05) is 0 Å². The second kappa shape index (κ2) is 5.12. The summed E-state index contributed by atoms with van der Waals surface area (Å²) in [5.41, 5.74) is -0.640. The molecule has 0 heterocycles. The van der Waals surface area contributed by atoms with Crippen LogP contribution in [0.25, 0.3) is 0 Å². The van der Waals surface area contributed by atoms with E-state index in [2.05, 4.69) is 0 Å². The third-order valence-electron chi connectivity index (χ3n) is 2.95. The molecule has 0 amide bonds. The van der Waals surface area contributed by atoms with Gasteiger partial charge in [0.2, 0.25) is 17.3 Å². The minimum absolute atomic E-state index is 0.0261. The fraction of sp³-hybridized carbons (Fsp3) is 0.0714. The highest BCUT2D eigenvalue weighted by molar-refractivity contribution is 6.13. The third kappa shape index (κ3) is 2.25. The van der Waals surface area contributed by atoms with Crippen LogP contribution in [0, 0.1) is 0 Å². The van der Waals surface area contributed by atoms with Gasteiger partial charge in [-0.3, -0.25) is 4.79 Å². The lowest BCUT2D eigenvalue weighted by atomic mass is 10.00. The Morgan fingerprint density at radius 1 is 0.810 bits per heavy atom. The van der Waals surface area contributed by atoms with Crippen molar-refractivity contribution in [2.75, 3.05) is 7.11 Å². The van der Waals surface area contributed by atoms with Crippen LogP contribution in [-0.4, -0.2) is 38.4 Å². The molecule has 0 bridgehead atoms. The van der Waals surface area contributed by atoms with E-state index in [9.17, 15) is 30.3 Å². The van der Waals surface area contributed by atoms with Crippen LogP contribution in [-0.2, 0) is 0 Å². The fourth-order valence-electron chi connectivity index (χ4n) is 1.81. The number of rotatable bonds is 3. The zero-order valence-electron chi connectivity index (χ0n) is 10.9. The fourth-order valence-corrected chi connectivity index (χ4v) is 1.81. The van der Waals surface area contributed by atoms with Crippen molar-refractivity contribution < 1.29 is 35.1 Å². The second-order valence-electron chi connectivity index (χ2n) is 4.17. The number of carbonyl (C=O) groups excluding carboxylic acids is 1. The first-order valence-corrected chi connectivity index (χ1v) is 5.76. The van der Waals surface area contributed by atoms with Crippen LogP contribution in [0.4, 0.5) is 0 Å². The van der Waals surface area contributed by atoms with Crippen molar-refractivity contribution >= 4 is 5.78 Å². The van der Waals surface area contributed by atoms with Crippen LogP contribution in [0.2, 0.25) is 0 Å². The molecule has 0 aliphatic rings. The van der Waals surface area contributed by atoms with E-state index < -0.39 is 34.5 Å². The van der Waals surface area contributed by atoms with Crippen molar-refractivity contribution in [2.45, 2.75) is 0 Å². The molecule has 21 heavy (non-hydrogen) atoms. The van der Waals surface area contributed by atoms with Crippen LogP contribution in [0.1, 0.15) is 15.9 Å². The Morgan fingerprint density at radius 2 is 1.33 bits per heavy atom. The first-order valence-electron chi connectivity index (χ1n) is 5.76. The van der Waals surface area contributed by atoms with Crippen molar-refractivity contribution in [2.24, 2.45) is 0 Å². The van der Waals surface area contributed by atoms with Crippen LogP contribution >= 0.6 is 0 Å². The number of hydrogen-bond acceptors (Lipinski definition) is 7. The summed E-state index contributed by atoms with van der Waals surface area (Å²) in [5, 5.41) is 47.8. The molecule has 2 aromatic rings. The zero-order valence-corrected chi connectivity index (χ0v) is 10.9. The molecule has 0 unspecified atom stereocenters. The monoisotopic (exact) mass is 292 g/mol. The van der Waals surface area contributed by atoms with Gasteiger partial charge in [-0.25, -0.2) is 0 Å². The highest BCUT2D eigenvalue weighted by Gasteiger charge is 2.23. The predicted octanol–water partition coefficient (Wildman–Crippen LogP) is 1.45. The molecular formula is C14H12O7. The summed E-state index contributed by atoms with van der Waals surface area (Å²) >= 11 is 0. The summed E-state index contributed by atoms with van der Waals surface area (Å²) in [5.74, 6) is -4.48. The topological polar surface area (TPSA) is 127 Å². The van der Waals surface area contributed by atoms with E-state index in [1.165, 1.54) is 19.2 Å². The van der Waals surface area contributed by atoms with E-state index in [0.717, 1.165) is 12.1 Å². The molecular weight excluding hydrogens is 280 g/mol. The number of phenols is 5. The molecule has 2 rings (SSSR count). The molecule has 0 atom stereocenters. The van der Waals surface area contributed by atoms with Gasteiger partial charge in [0, 0.05) is 0 Å². The number of phenolic OH excluding ortho intramolecular Hbond substituents is 5. The highest BCUT2D eigenvalue weighted by atomic mass is 16.5. The Hall–Kier alpha value is -3.09. The van der Waals surface area contributed by atoms with Gasteiger partial charge in [-0.2, -0.15) is 0 Å². The van der Waals surface area contributed by atoms with E-state index >= 15 is 0 Å². The maximum absolute atomic E-state index is 12.2. The van der Waals surface area contributed by atoms with E-state index in [4.69, 9.17) is 4.74 Å². The number of ketones is 1. The molecule has 2 aromatic carbocycles. The normalized spacial score (nSPS) is 10.3. The van der Waals surface area contributed by atoms with Crippen molar-refractivity contribution in [3.8, 4) is 34.5 Å². The van der Waals surface area contributed by atoms with Gasteiger partial charge in [-0.05, 0) is 24.3 Å². The third-order valence-corrected chi connectivity index (χ3v) is 2.95. The first-order chi connectivity index (χ1) is 9.88. The van der Waals surface area contributed by atoms with Gasteiger partial charge in [-0.15, -0.1) is 0 Å². The Bertz CT molecular complexity index is 722. The second-order valence-corrected chi connectivity index (χ2v) is 4.17. The minimum atomic E-state index is -0.849. The van der Waals surface area contributed by atoms with Gasteiger partial charge < -0.3 is 30.3 Å². The Balaban J connectivity index is 2.56. The van der Waals surface area contributed by atoms with E-state index in [1.807, 2.05) is 0 Å². The molecule has 0 aliphatic carbocycles. The van der Waals surface area contributed by atoms with Crippen LogP contribution in [0.3, 0.4) is 0 Å². The molecule has 0 radical (unpaired) electrons. The van der Waals surface area contributed by atoms with Gasteiger partial charge in [0.05, 0.1) is 18.2 Å². The molecule has 0 fully saturated rings. The molecule has 5 N–H and O–H groups in total. The number of hydrogen-bond donors (Lipinski definition) is 5. The van der Waals surface area contributed by atoms with E-state index in [-0.39, 0.29) is 16.9 Å². The molecule has 110 valence electrons. The summed E-state index contributed by atoms with van der Waals surface area (Å²) < 4.78 is 4.78. The van der Waals surface area contributed by atoms with Crippen molar-refractivity contribution in [3.05, 3.63) is 35.4 Å². The Kier molecular flexibility index (Phi) is 3.49. The average molecular weight is 292 g/mol. The standard InChI is InChI=1S/C14H12O7/c1-21-9-5-3-7(12(18)14(9)20)10(16)6-2-4-8(15)13(19)11(6)17/h2-5,15,17-20H,1H3. The van der Waals surface area contributed by atoms with Crippen molar-refractivity contribution in [1.29, 1.82) is 0 Å². The number of ether oxygens (including phenoxy) is 1. The lowest BCUT2D eigenvalue weighted by Crippen LogP contribution is -2.03. The van der Waals surface area contributed by atoms with Crippen LogP contribution in [0.15, 0.2) is 24.3 Å². The summed E-state index contributed by atoms with van der Waals surface area (Å²) in [4.78, 5) is 12.2. The van der Waals surface area contributed by atoms with Gasteiger partial charge in [0.25, 0.3) is 0 Å². The smallest absolute Gasteiger partial charge is 0.201 e. The SMILES string of the molecule is COc1ccc(C(=O)c2ccc(O)c(O)c2O)c(O)c1O. The van der Waals surface area contributed by atoms with E-state index in [0.29, 0.717) is 0 Å². The summed E-state index contributed by atoms with van der Waals surface area (Å²) in [7, 11) is 1.28. The average Bonchev–Trinajstić information content (AvgIpc) is 2.47. The molecule has 0 spiro atoms. The largest absolute Gasteiger partial charge is 0.504 e. The lowest BCUT2D eigenvalue weighted by Gasteiger charge is -2.10. The molecule has 0 aliphatic heterocycles. The van der Waals surface area contributed by atoms with Crippen LogP contribution in [0.5, 0.6) is 34.5 Å². The van der Waals surface area contributed by atoms with Crippen LogP contribution < -0.4 is 4.74 Å². The minimum Gasteiger partial charge on any atom is -0.504 e. The van der Waals surface area contributed by atoms with Gasteiger partial charge in [0.15, 0.2) is 23.0 Å². The lowest BCUT2D eigenvalue weighted by molar-refractivity contribution is 0.103. The Morgan fingerprint density at radius 3 is 1.90 bits per heavy atom. The molecule has 7 heteroatoms. The first kappa shape index (κ1) is 14.3. The quantitative estimate of drug-likeness (QED) is 0.428. The number of methoxy groups -OCH3 is 1. The highest BCUT2D eigenvalue weighted by Crippen LogP contribution is 2.42. The zero-order chi connectivity index (χ0) is 15.7. The maximum Gasteiger partial charge on any atom is 0.201 e. The van der Waals surface area contributed by atoms with Gasteiger partial charge >= 0.3 is 0 Å². The molecule has 0 saturated heterocycles. The van der Waals surface area contributed by atoms with Crippen molar-refractivity contribution in [3.63, 3.8) is 0 Å². The van der Waals surface area contributed by atoms with Gasteiger partial charge in [0.1, 0.15) is 0 Å². The summed E-state index contributed by atoms with van der Waals surface area (Å²) in [6.07, 6.45) is 0. The summed E-state index contributed by atoms with van der Waals surface area (Å²) in [6.45, 7) is 0. The number of benzene rings is 2. The van der Waals surface area contributed by atoms with Crippen molar-refractivity contribution in [1.82, 2.24) is 0 Å². The number of carbonyl (C=O) groups is 1.